The first kappa shape index (κ1) is 31.8. The molecule has 1 aliphatic carbocycles. The zero-order chi connectivity index (χ0) is 31.6. The largest absolute Gasteiger partial charge is 0.351 e. The molecule has 0 aliphatic heterocycles. The Morgan fingerprint density at radius 2 is 1.82 bits per heavy atom. The molecule has 1 fully saturated rings. The van der Waals surface area contributed by atoms with Gasteiger partial charge in [0.25, 0.3) is 15.6 Å². The maximum Gasteiger partial charge on any atom is 0.264 e. The Bertz CT molecular complexity index is 1830. The molecule has 0 radical (unpaired) electrons. The average Bonchev–Trinajstić information content (AvgIpc) is 2.97. The van der Waals surface area contributed by atoms with Gasteiger partial charge in [-0.05, 0) is 83.8 Å². The molecule has 0 bridgehead atoms. The van der Waals surface area contributed by atoms with Crippen LogP contribution in [-0.2, 0) is 10.0 Å². The molecule has 0 atom stereocenters. The van der Waals surface area contributed by atoms with Gasteiger partial charge in [-0.25, -0.2) is 22.8 Å². The molecule has 2 N–H and O–H groups in total. The summed E-state index contributed by atoms with van der Waals surface area (Å²) in [5.41, 5.74) is 1.75. The van der Waals surface area contributed by atoms with E-state index < -0.39 is 10.0 Å². The molecule has 1 saturated carbocycles. The summed E-state index contributed by atoms with van der Waals surface area (Å²) < 4.78 is 42.7. The first-order chi connectivity index (χ1) is 21.0. The van der Waals surface area contributed by atoms with Gasteiger partial charge in [-0.2, -0.15) is 4.98 Å². The number of alkyl halides is 1. The molecule has 1 aliphatic rings. The minimum atomic E-state index is -3.97. The maximum atomic E-state index is 13.9. The van der Waals surface area contributed by atoms with Crippen LogP contribution < -0.4 is 15.6 Å². The number of aromatic nitrogens is 4. The summed E-state index contributed by atoms with van der Waals surface area (Å²) in [5, 5.41) is 4.24. The molecule has 0 spiro atoms. The Morgan fingerprint density at radius 1 is 1.09 bits per heavy atom. The van der Waals surface area contributed by atoms with Crippen molar-refractivity contribution in [2.45, 2.75) is 69.5 Å². The van der Waals surface area contributed by atoms with Crippen molar-refractivity contribution < 1.29 is 12.8 Å². The summed E-state index contributed by atoms with van der Waals surface area (Å²) in [6, 6.07) is 11.5. The first-order valence-corrected chi connectivity index (χ1v) is 16.5. The van der Waals surface area contributed by atoms with Crippen LogP contribution in [0.4, 0.5) is 16.2 Å². The van der Waals surface area contributed by atoms with E-state index in [4.69, 9.17) is 16.6 Å². The molecule has 13 heteroatoms. The van der Waals surface area contributed by atoms with Crippen molar-refractivity contribution in [3.8, 4) is 11.1 Å². The van der Waals surface area contributed by atoms with Crippen LogP contribution in [0.1, 0.15) is 51.3 Å². The smallest absolute Gasteiger partial charge is 0.264 e. The third kappa shape index (κ3) is 6.72. The Morgan fingerprint density at radius 3 is 2.48 bits per heavy atom. The lowest BCUT2D eigenvalue weighted by atomic mass is 9.90. The molecule has 0 unspecified atom stereocenters. The molecule has 234 valence electrons. The molecular formula is C31H37ClFN7O3S. The van der Waals surface area contributed by atoms with E-state index in [9.17, 15) is 17.6 Å². The van der Waals surface area contributed by atoms with E-state index in [-0.39, 0.29) is 40.1 Å². The van der Waals surface area contributed by atoms with Crippen LogP contribution in [-0.4, -0.2) is 65.2 Å². The number of pyridine rings is 2. The summed E-state index contributed by atoms with van der Waals surface area (Å²) in [7, 11) is -1.99. The number of aryl methyl sites for hydroxylation is 1. The number of nitrogens with one attached hydrogen (secondary N) is 2. The SMILES string of the molecule is Cc1nc(NS(=O)(=O)c2ccccc2Cl)ccc1-c1cc2cnc(NC3CCC(N(C)CCF)CC3)nc2n(C(C)C)c1=O. The van der Waals surface area contributed by atoms with E-state index in [1.165, 1.54) is 18.2 Å². The van der Waals surface area contributed by atoms with E-state index in [2.05, 4.69) is 24.9 Å². The monoisotopic (exact) mass is 641 g/mol. The van der Waals surface area contributed by atoms with E-state index in [1.807, 2.05) is 20.9 Å². The third-order valence-electron chi connectivity index (χ3n) is 8.12. The Hall–Kier alpha value is -3.61. The van der Waals surface area contributed by atoms with Crippen LogP contribution in [0.5, 0.6) is 0 Å². The quantitative estimate of drug-likeness (QED) is 0.222. The fourth-order valence-electron chi connectivity index (χ4n) is 5.78. The van der Waals surface area contributed by atoms with Gasteiger partial charge in [-0.3, -0.25) is 14.1 Å². The second-order valence-corrected chi connectivity index (χ2v) is 13.5. The van der Waals surface area contributed by atoms with Crippen LogP contribution in [0.15, 0.2) is 58.4 Å². The predicted octanol–water partition coefficient (Wildman–Crippen LogP) is 5.82. The number of fused-ring (bicyclic) bond motifs is 1. The lowest BCUT2D eigenvalue weighted by molar-refractivity contribution is 0.174. The van der Waals surface area contributed by atoms with E-state index in [1.54, 1.807) is 42.0 Å². The number of halogens is 2. The highest BCUT2D eigenvalue weighted by molar-refractivity contribution is 7.92. The van der Waals surface area contributed by atoms with Crippen molar-refractivity contribution >= 4 is 44.4 Å². The van der Waals surface area contributed by atoms with Gasteiger partial charge in [0.2, 0.25) is 5.95 Å². The summed E-state index contributed by atoms with van der Waals surface area (Å²) in [4.78, 5) is 29.7. The Kier molecular flexibility index (Phi) is 9.52. The van der Waals surface area contributed by atoms with Crippen molar-refractivity contribution in [3.05, 3.63) is 69.7 Å². The molecular weight excluding hydrogens is 605 g/mol. The second-order valence-electron chi connectivity index (χ2n) is 11.5. The van der Waals surface area contributed by atoms with Crippen LogP contribution in [0.25, 0.3) is 22.2 Å². The van der Waals surface area contributed by atoms with Crippen molar-refractivity contribution in [2.75, 3.05) is 30.3 Å². The third-order valence-corrected chi connectivity index (χ3v) is 9.98. The number of sulfonamides is 1. The van der Waals surface area contributed by atoms with E-state index in [0.29, 0.717) is 46.4 Å². The lowest BCUT2D eigenvalue weighted by Crippen LogP contribution is -2.39. The summed E-state index contributed by atoms with van der Waals surface area (Å²) in [6.07, 6.45) is 5.50. The second kappa shape index (κ2) is 13.2. The number of hydrogen-bond acceptors (Lipinski definition) is 8. The van der Waals surface area contributed by atoms with Gasteiger partial charge in [-0.15, -0.1) is 0 Å². The molecule has 3 heterocycles. The Balaban J connectivity index is 1.41. The topological polar surface area (TPSA) is 122 Å². The number of hydrogen-bond donors (Lipinski definition) is 2. The van der Waals surface area contributed by atoms with E-state index in [0.717, 1.165) is 25.7 Å². The molecule has 5 rings (SSSR count). The van der Waals surface area contributed by atoms with Gasteiger partial charge in [-0.1, -0.05) is 23.7 Å². The minimum absolute atomic E-state index is 0.0534. The number of anilines is 2. The van der Waals surface area contributed by atoms with Crippen molar-refractivity contribution in [2.24, 2.45) is 0 Å². The average molecular weight is 642 g/mol. The van der Waals surface area contributed by atoms with Crippen LogP contribution in [0.2, 0.25) is 5.02 Å². The zero-order valence-corrected chi connectivity index (χ0v) is 26.8. The molecule has 0 amide bonds. The van der Waals surface area contributed by atoms with Gasteiger partial charge in [0.15, 0.2) is 0 Å². The lowest BCUT2D eigenvalue weighted by Gasteiger charge is -2.34. The number of benzene rings is 1. The van der Waals surface area contributed by atoms with Gasteiger partial charge >= 0.3 is 0 Å². The van der Waals surface area contributed by atoms with Crippen LogP contribution in [0.3, 0.4) is 0 Å². The van der Waals surface area contributed by atoms with Gasteiger partial charge in [0, 0.05) is 53.1 Å². The fourth-order valence-corrected chi connectivity index (χ4v) is 7.30. The van der Waals surface area contributed by atoms with E-state index >= 15 is 0 Å². The number of nitrogens with zero attached hydrogens (tertiary/aromatic N) is 5. The van der Waals surface area contributed by atoms with Crippen LogP contribution in [0, 0.1) is 6.92 Å². The molecule has 4 aromatic rings. The van der Waals surface area contributed by atoms with Crippen molar-refractivity contribution in [3.63, 3.8) is 0 Å². The Labute approximate surface area is 261 Å². The van der Waals surface area contributed by atoms with Crippen molar-refractivity contribution in [1.82, 2.24) is 24.4 Å². The highest BCUT2D eigenvalue weighted by atomic mass is 35.5. The van der Waals surface area contributed by atoms with Gasteiger partial charge in [0.05, 0.1) is 5.02 Å². The number of rotatable bonds is 10. The highest BCUT2D eigenvalue weighted by Gasteiger charge is 2.25. The van der Waals surface area contributed by atoms with Crippen molar-refractivity contribution in [1.29, 1.82) is 0 Å². The summed E-state index contributed by atoms with van der Waals surface area (Å²) in [6.45, 7) is 5.68. The molecule has 1 aromatic carbocycles. The molecule has 3 aromatic heterocycles. The predicted molar refractivity (Wildman–Crippen MR) is 173 cm³/mol. The zero-order valence-electron chi connectivity index (χ0n) is 25.2. The van der Waals surface area contributed by atoms with Gasteiger partial charge in [0.1, 0.15) is 23.0 Å². The minimum Gasteiger partial charge on any atom is -0.351 e. The first-order valence-electron chi connectivity index (χ1n) is 14.7. The molecule has 0 saturated heterocycles. The highest BCUT2D eigenvalue weighted by Crippen LogP contribution is 2.29. The molecule has 44 heavy (non-hydrogen) atoms. The normalized spacial score (nSPS) is 17.4. The summed E-state index contributed by atoms with van der Waals surface area (Å²) >= 11 is 6.10. The van der Waals surface area contributed by atoms with Crippen LogP contribution >= 0.6 is 11.6 Å². The summed E-state index contributed by atoms with van der Waals surface area (Å²) in [5.74, 6) is 0.575. The molecule has 10 nitrogen and oxygen atoms in total. The standard InChI is InChI=1S/C31H37ClFN7O3S/c1-19(2)40-29-21(18-34-31(37-29)36-22-9-11-23(12-10-22)39(4)16-15-33)17-25(30(40)41)24-13-14-28(35-20(24)3)38-44(42,43)27-8-6-5-7-26(27)32/h5-8,13-14,17-19,22-23H,9-12,15-16H2,1-4H3,(H,35,38)(H,34,36,37). The maximum absolute atomic E-state index is 13.9. The fraction of sp³-hybridized carbons (Fsp3) is 0.419. The van der Waals surface area contributed by atoms with Gasteiger partial charge < -0.3 is 10.2 Å².